The van der Waals surface area contributed by atoms with Crippen molar-refractivity contribution < 1.29 is 18.3 Å². The van der Waals surface area contributed by atoms with Crippen LogP contribution in [-0.4, -0.2) is 48.6 Å². The van der Waals surface area contributed by atoms with E-state index in [1.807, 2.05) is 29.2 Å². The van der Waals surface area contributed by atoms with Gasteiger partial charge in [0.05, 0.1) is 34.2 Å². The molecule has 6 nitrogen and oxygen atoms in total. The Labute approximate surface area is 125 Å². The molecule has 1 aliphatic heterocycles. The van der Waals surface area contributed by atoms with Gasteiger partial charge in [-0.05, 0) is 12.1 Å². The molecule has 3 rings (SSSR count). The highest BCUT2D eigenvalue weighted by Crippen LogP contribution is 2.31. The summed E-state index contributed by atoms with van der Waals surface area (Å²) in [5.41, 5.74) is 0.847. The molecule has 1 saturated heterocycles. The Morgan fingerprint density at radius 2 is 2.19 bits per heavy atom. The summed E-state index contributed by atoms with van der Waals surface area (Å²) in [7, 11) is -3.18. The summed E-state index contributed by atoms with van der Waals surface area (Å²) in [5, 5.41) is 9.69. The van der Waals surface area contributed by atoms with Gasteiger partial charge in [-0.1, -0.05) is 23.5 Å². The molecule has 2 aromatic rings. The Kier molecular flexibility index (Phi) is 3.58. The van der Waals surface area contributed by atoms with E-state index >= 15 is 0 Å². The Hall–Kier alpha value is -1.67. The van der Waals surface area contributed by atoms with E-state index in [4.69, 9.17) is 5.11 Å². The predicted molar refractivity (Wildman–Crippen MR) is 81.7 cm³/mol. The molecule has 8 heteroatoms. The first-order chi connectivity index (χ1) is 9.94. The van der Waals surface area contributed by atoms with Gasteiger partial charge in [-0.25, -0.2) is 13.4 Å². The highest BCUT2D eigenvalue weighted by Gasteiger charge is 2.34. The molecule has 1 aliphatic rings. The molecule has 0 spiro atoms. The Morgan fingerprint density at radius 1 is 1.43 bits per heavy atom. The van der Waals surface area contributed by atoms with Crippen molar-refractivity contribution in [3.05, 3.63) is 24.3 Å². The van der Waals surface area contributed by atoms with Gasteiger partial charge in [0.25, 0.3) is 0 Å². The largest absolute Gasteiger partial charge is 0.481 e. The zero-order valence-corrected chi connectivity index (χ0v) is 12.7. The molecular formula is C13H14N2O4S2. The molecule has 1 aromatic carbocycles. The number of hydrogen-bond acceptors (Lipinski definition) is 6. The lowest BCUT2D eigenvalue weighted by Crippen LogP contribution is -2.49. The van der Waals surface area contributed by atoms with Gasteiger partial charge in [0.1, 0.15) is 0 Å². The molecule has 112 valence electrons. The summed E-state index contributed by atoms with van der Waals surface area (Å²) < 4.78 is 24.5. The lowest BCUT2D eigenvalue weighted by Gasteiger charge is -2.34. The summed E-state index contributed by atoms with van der Waals surface area (Å²) in [5.74, 6) is -1.09. The number of anilines is 1. The molecule has 1 atom stereocenters. The first-order valence-corrected chi connectivity index (χ1v) is 9.13. The smallest absolute Gasteiger partial charge is 0.305 e. The minimum atomic E-state index is -3.18. The molecule has 1 N–H and O–H groups in total. The third-order valence-electron chi connectivity index (χ3n) is 3.47. The molecular weight excluding hydrogens is 312 g/mol. The van der Waals surface area contributed by atoms with E-state index < -0.39 is 21.8 Å². The fourth-order valence-corrected chi connectivity index (χ4v) is 5.08. The number of carboxylic acids is 1. The van der Waals surface area contributed by atoms with Gasteiger partial charge in [-0.3, -0.25) is 4.79 Å². The summed E-state index contributed by atoms with van der Waals surface area (Å²) in [6, 6.07) is 7.09. The number of para-hydroxylation sites is 1. The Bertz CT molecular complexity index is 751. The normalized spacial score (nSPS) is 21.5. The number of fused-ring (bicyclic) bond motifs is 1. The van der Waals surface area contributed by atoms with Crippen LogP contribution in [0.1, 0.15) is 6.42 Å². The quantitative estimate of drug-likeness (QED) is 0.917. The fraction of sp³-hybridized carbons (Fsp3) is 0.385. The van der Waals surface area contributed by atoms with Crippen molar-refractivity contribution >= 4 is 42.5 Å². The Balaban J connectivity index is 1.95. The monoisotopic (exact) mass is 326 g/mol. The van der Waals surface area contributed by atoms with E-state index in [-0.39, 0.29) is 17.9 Å². The molecule has 0 saturated carbocycles. The number of carbonyl (C=O) groups is 1. The van der Waals surface area contributed by atoms with Crippen LogP contribution in [0.15, 0.2) is 24.3 Å². The maximum atomic E-state index is 11.8. The number of aromatic nitrogens is 1. The summed E-state index contributed by atoms with van der Waals surface area (Å²) in [4.78, 5) is 17.3. The minimum absolute atomic E-state index is 0.0407. The van der Waals surface area contributed by atoms with Crippen LogP contribution >= 0.6 is 11.3 Å². The Morgan fingerprint density at radius 3 is 2.90 bits per heavy atom. The average molecular weight is 326 g/mol. The van der Waals surface area contributed by atoms with Crippen molar-refractivity contribution in [2.45, 2.75) is 12.5 Å². The van der Waals surface area contributed by atoms with Gasteiger partial charge in [0, 0.05) is 6.54 Å². The van der Waals surface area contributed by atoms with Gasteiger partial charge in [0.15, 0.2) is 15.0 Å². The number of aliphatic carboxylic acids is 1. The zero-order valence-electron chi connectivity index (χ0n) is 11.1. The molecule has 1 unspecified atom stereocenters. The molecule has 1 fully saturated rings. The molecule has 2 heterocycles. The van der Waals surface area contributed by atoms with Gasteiger partial charge >= 0.3 is 5.97 Å². The number of rotatable bonds is 3. The second-order valence-electron chi connectivity index (χ2n) is 5.02. The standard InChI is InChI=1S/C13H14N2O4S2/c16-12(17)7-9-8-21(18,19)6-5-15(9)13-14-10-3-1-2-4-11(10)20-13/h1-4,9H,5-8H2,(H,16,17). The minimum Gasteiger partial charge on any atom is -0.481 e. The van der Waals surface area contributed by atoms with Gasteiger partial charge in [-0.2, -0.15) is 0 Å². The van der Waals surface area contributed by atoms with Crippen molar-refractivity contribution in [1.82, 2.24) is 4.98 Å². The average Bonchev–Trinajstić information content (AvgIpc) is 2.80. The summed E-state index contributed by atoms with van der Waals surface area (Å²) in [6.07, 6.45) is -0.199. The molecule has 21 heavy (non-hydrogen) atoms. The maximum absolute atomic E-state index is 11.8. The van der Waals surface area contributed by atoms with Gasteiger partial charge in [-0.15, -0.1) is 0 Å². The van der Waals surface area contributed by atoms with E-state index in [2.05, 4.69) is 4.98 Å². The van der Waals surface area contributed by atoms with Gasteiger partial charge < -0.3 is 10.0 Å². The molecule has 0 radical (unpaired) electrons. The topological polar surface area (TPSA) is 87.6 Å². The van der Waals surface area contributed by atoms with E-state index in [1.165, 1.54) is 11.3 Å². The van der Waals surface area contributed by atoms with E-state index in [1.54, 1.807) is 0 Å². The van der Waals surface area contributed by atoms with E-state index in [0.717, 1.165) is 10.2 Å². The highest BCUT2D eigenvalue weighted by molar-refractivity contribution is 7.91. The van der Waals surface area contributed by atoms with Crippen molar-refractivity contribution in [3.63, 3.8) is 0 Å². The van der Waals surface area contributed by atoms with E-state index in [9.17, 15) is 13.2 Å². The van der Waals surface area contributed by atoms with Crippen LogP contribution in [0.3, 0.4) is 0 Å². The number of nitrogens with zero attached hydrogens (tertiary/aromatic N) is 2. The number of sulfone groups is 1. The molecule has 0 aliphatic carbocycles. The predicted octanol–water partition coefficient (Wildman–Crippen LogP) is 1.37. The van der Waals surface area contributed by atoms with E-state index in [0.29, 0.717) is 11.7 Å². The third-order valence-corrected chi connectivity index (χ3v) is 6.24. The van der Waals surface area contributed by atoms with Crippen LogP contribution in [0.2, 0.25) is 0 Å². The first-order valence-electron chi connectivity index (χ1n) is 6.49. The van der Waals surface area contributed by atoms with Gasteiger partial charge in [0.2, 0.25) is 0 Å². The molecule has 0 bridgehead atoms. The van der Waals surface area contributed by atoms with Crippen LogP contribution in [0, 0.1) is 0 Å². The third kappa shape index (κ3) is 3.01. The maximum Gasteiger partial charge on any atom is 0.305 e. The second-order valence-corrected chi connectivity index (χ2v) is 8.26. The van der Waals surface area contributed by atoms with Crippen LogP contribution < -0.4 is 4.90 Å². The summed E-state index contributed by atoms with van der Waals surface area (Å²) >= 11 is 1.46. The van der Waals surface area contributed by atoms with Crippen LogP contribution in [0.4, 0.5) is 5.13 Å². The lowest BCUT2D eigenvalue weighted by atomic mass is 10.2. The van der Waals surface area contributed by atoms with Crippen molar-refractivity contribution in [2.75, 3.05) is 23.0 Å². The number of thiazole rings is 1. The fourth-order valence-electron chi connectivity index (χ4n) is 2.49. The molecule has 1 aromatic heterocycles. The summed E-state index contributed by atoms with van der Waals surface area (Å²) in [6.45, 7) is 0.292. The number of hydrogen-bond donors (Lipinski definition) is 1. The lowest BCUT2D eigenvalue weighted by molar-refractivity contribution is -0.137. The zero-order chi connectivity index (χ0) is 15.0. The first kappa shape index (κ1) is 14.3. The number of benzene rings is 1. The SMILES string of the molecule is O=C(O)CC1CS(=O)(=O)CCN1c1nc2ccccc2s1. The van der Waals surface area contributed by atoms with Crippen LogP contribution in [-0.2, 0) is 14.6 Å². The van der Waals surface area contributed by atoms with Crippen molar-refractivity contribution in [2.24, 2.45) is 0 Å². The van der Waals surface area contributed by atoms with Crippen LogP contribution in [0.25, 0.3) is 10.2 Å². The van der Waals surface area contributed by atoms with Crippen molar-refractivity contribution in [1.29, 1.82) is 0 Å². The number of carboxylic acid groups (broad SMARTS) is 1. The highest BCUT2D eigenvalue weighted by atomic mass is 32.2. The molecule has 0 amide bonds. The second kappa shape index (κ2) is 5.27. The van der Waals surface area contributed by atoms with Crippen molar-refractivity contribution in [3.8, 4) is 0 Å². The van der Waals surface area contributed by atoms with Crippen LogP contribution in [0.5, 0.6) is 0 Å².